The first kappa shape index (κ1) is 15.0. The largest absolute Gasteiger partial charge is 0.416 e. The SMILES string of the molecule is O=c1[nH]c(/C=C/c2ccc(C(F)(F)F)cc2)nc2ccccc12. The summed E-state index contributed by atoms with van der Waals surface area (Å²) in [5.74, 6) is 0.341. The maximum Gasteiger partial charge on any atom is 0.416 e. The minimum Gasteiger partial charge on any atom is -0.306 e. The number of aromatic nitrogens is 2. The quantitative estimate of drug-likeness (QED) is 0.773. The Morgan fingerprint density at radius 3 is 2.35 bits per heavy atom. The van der Waals surface area contributed by atoms with Crippen molar-refractivity contribution in [2.45, 2.75) is 6.18 Å². The molecule has 116 valence electrons. The van der Waals surface area contributed by atoms with E-state index in [4.69, 9.17) is 0 Å². The summed E-state index contributed by atoms with van der Waals surface area (Å²) in [4.78, 5) is 18.8. The van der Waals surface area contributed by atoms with Crippen molar-refractivity contribution in [3.63, 3.8) is 0 Å². The van der Waals surface area contributed by atoms with E-state index in [0.29, 0.717) is 22.3 Å². The minimum absolute atomic E-state index is 0.261. The first-order chi connectivity index (χ1) is 10.9. The fourth-order valence-electron chi connectivity index (χ4n) is 2.14. The smallest absolute Gasteiger partial charge is 0.306 e. The maximum absolute atomic E-state index is 12.5. The van der Waals surface area contributed by atoms with Crippen LogP contribution in [0.5, 0.6) is 0 Å². The van der Waals surface area contributed by atoms with Gasteiger partial charge in [0.15, 0.2) is 0 Å². The highest BCUT2D eigenvalue weighted by Crippen LogP contribution is 2.29. The molecule has 0 fully saturated rings. The summed E-state index contributed by atoms with van der Waals surface area (Å²) in [6.45, 7) is 0. The summed E-state index contributed by atoms with van der Waals surface area (Å²) in [5, 5.41) is 0.485. The molecule has 1 heterocycles. The molecule has 3 aromatic rings. The van der Waals surface area contributed by atoms with E-state index in [-0.39, 0.29) is 5.56 Å². The van der Waals surface area contributed by atoms with Crippen LogP contribution in [0.3, 0.4) is 0 Å². The molecule has 0 atom stereocenters. The van der Waals surface area contributed by atoms with E-state index in [0.717, 1.165) is 12.1 Å². The Labute approximate surface area is 129 Å². The second-order valence-corrected chi connectivity index (χ2v) is 4.92. The molecule has 0 saturated carbocycles. The van der Waals surface area contributed by atoms with Crippen LogP contribution in [0.4, 0.5) is 13.2 Å². The van der Waals surface area contributed by atoms with Gasteiger partial charge in [-0.1, -0.05) is 30.3 Å². The summed E-state index contributed by atoms with van der Waals surface area (Å²) in [6.07, 6.45) is -1.21. The fraction of sp³-hybridized carbons (Fsp3) is 0.0588. The van der Waals surface area contributed by atoms with Crippen molar-refractivity contribution < 1.29 is 13.2 Å². The molecule has 0 spiro atoms. The third kappa shape index (κ3) is 3.31. The molecule has 1 aromatic heterocycles. The van der Waals surface area contributed by atoms with E-state index in [9.17, 15) is 18.0 Å². The summed E-state index contributed by atoms with van der Waals surface area (Å²) < 4.78 is 37.5. The number of hydrogen-bond donors (Lipinski definition) is 1. The number of benzene rings is 2. The molecule has 3 rings (SSSR count). The lowest BCUT2D eigenvalue weighted by Gasteiger charge is -2.05. The highest BCUT2D eigenvalue weighted by molar-refractivity contribution is 5.78. The third-order valence-electron chi connectivity index (χ3n) is 3.30. The van der Waals surface area contributed by atoms with Crippen molar-refractivity contribution in [1.29, 1.82) is 0 Å². The van der Waals surface area contributed by atoms with Gasteiger partial charge in [-0.25, -0.2) is 4.98 Å². The molecule has 2 aromatic carbocycles. The summed E-state index contributed by atoms with van der Waals surface area (Å²) in [5.41, 5.74) is 0.173. The van der Waals surface area contributed by atoms with Crippen LogP contribution in [-0.4, -0.2) is 9.97 Å². The van der Waals surface area contributed by atoms with Crippen LogP contribution in [-0.2, 0) is 6.18 Å². The molecule has 1 N–H and O–H groups in total. The minimum atomic E-state index is -4.35. The number of rotatable bonds is 2. The topological polar surface area (TPSA) is 45.8 Å². The van der Waals surface area contributed by atoms with Crippen LogP contribution in [0, 0.1) is 0 Å². The van der Waals surface area contributed by atoms with Gasteiger partial charge in [0.25, 0.3) is 5.56 Å². The molecule has 6 heteroatoms. The van der Waals surface area contributed by atoms with Crippen molar-refractivity contribution in [3.8, 4) is 0 Å². The molecule has 23 heavy (non-hydrogen) atoms. The Morgan fingerprint density at radius 1 is 0.957 bits per heavy atom. The van der Waals surface area contributed by atoms with Gasteiger partial charge in [-0.15, -0.1) is 0 Å². The lowest BCUT2D eigenvalue weighted by Crippen LogP contribution is -2.09. The van der Waals surface area contributed by atoms with Crippen molar-refractivity contribution >= 4 is 23.1 Å². The average molecular weight is 316 g/mol. The zero-order valence-electron chi connectivity index (χ0n) is 11.8. The van der Waals surface area contributed by atoms with Gasteiger partial charge in [0.05, 0.1) is 16.5 Å². The zero-order chi connectivity index (χ0) is 16.4. The normalized spacial score (nSPS) is 12.1. The number of hydrogen-bond acceptors (Lipinski definition) is 2. The first-order valence-corrected chi connectivity index (χ1v) is 6.78. The Hall–Kier alpha value is -2.89. The van der Waals surface area contributed by atoms with E-state index in [1.807, 2.05) is 0 Å². The van der Waals surface area contributed by atoms with Gasteiger partial charge in [0.1, 0.15) is 5.82 Å². The standard InChI is InChI=1S/C17H11F3N2O/c18-17(19,20)12-8-5-11(6-9-12)7-10-15-21-14-4-2-1-3-13(14)16(23)22-15/h1-10H,(H,21,22,23)/b10-7+. The monoisotopic (exact) mass is 316 g/mol. The van der Waals surface area contributed by atoms with Crippen molar-refractivity contribution in [1.82, 2.24) is 9.97 Å². The van der Waals surface area contributed by atoms with Gasteiger partial charge in [-0.3, -0.25) is 4.79 Å². The Bertz CT molecular complexity index is 925. The van der Waals surface area contributed by atoms with Crippen LogP contribution in [0.15, 0.2) is 53.3 Å². The van der Waals surface area contributed by atoms with Crippen LogP contribution in [0.1, 0.15) is 17.0 Å². The van der Waals surface area contributed by atoms with Crippen molar-refractivity contribution in [2.24, 2.45) is 0 Å². The molecular formula is C17H11F3N2O. The second-order valence-electron chi connectivity index (χ2n) is 4.92. The van der Waals surface area contributed by atoms with Gasteiger partial charge in [0.2, 0.25) is 0 Å². The summed E-state index contributed by atoms with van der Waals surface area (Å²) in [7, 11) is 0. The van der Waals surface area contributed by atoms with Gasteiger partial charge in [0, 0.05) is 0 Å². The zero-order valence-corrected chi connectivity index (χ0v) is 11.8. The van der Waals surface area contributed by atoms with Crippen molar-refractivity contribution in [3.05, 3.63) is 75.8 Å². The number of fused-ring (bicyclic) bond motifs is 1. The van der Waals surface area contributed by atoms with Crippen molar-refractivity contribution in [2.75, 3.05) is 0 Å². The summed E-state index contributed by atoms with van der Waals surface area (Å²) >= 11 is 0. The number of para-hydroxylation sites is 1. The molecule has 0 unspecified atom stereocenters. The van der Waals surface area contributed by atoms with Gasteiger partial charge in [-0.2, -0.15) is 13.2 Å². The molecule has 0 aliphatic rings. The van der Waals surface area contributed by atoms with Crippen LogP contribution >= 0.6 is 0 Å². The number of H-pyrrole nitrogens is 1. The van der Waals surface area contributed by atoms with Gasteiger partial charge in [-0.05, 0) is 35.9 Å². The number of halogens is 3. The van der Waals surface area contributed by atoms with Gasteiger partial charge >= 0.3 is 6.18 Å². The Kier molecular flexibility index (Phi) is 3.73. The predicted molar refractivity (Wildman–Crippen MR) is 82.7 cm³/mol. The molecule has 0 aliphatic carbocycles. The number of nitrogens with zero attached hydrogens (tertiary/aromatic N) is 1. The molecule has 0 radical (unpaired) electrons. The highest BCUT2D eigenvalue weighted by atomic mass is 19.4. The fourth-order valence-corrected chi connectivity index (χ4v) is 2.14. The van der Waals surface area contributed by atoms with Crippen LogP contribution < -0.4 is 5.56 Å². The van der Waals surface area contributed by atoms with E-state index in [1.54, 1.807) is 36.4 Å². The van der Waals surface area contributed by atoms with Crippen LogP contribution in [0.25, 0.3) is 23.1 Å². The number of nitrogens with one attached hydrogen (secondary N) is 1. The number of aromatic amines is 1. The molecule has 3 nitrogen and oxygen atoms in total. The average Bonchev–Trinajstić information content (AvgIpc) is 2.52. The van der Waals surface area contributed by atoms with Crippen LogP contribution in [0.2, 0.25) is 0 Å². The maximum atomic E-state index is 12.5. The highest BCUT2D eigenvalue weighted by Gasteiger charge is 2.29. The molecule has 0 amide bonds. The lowest BCUT2D eigenvalue weighted by atomic mass is 10.1. The molecule has 0 aliphatic heterocycles. The van der Waals surface area contributed by atoms with E-state index in [2.05, 4.69) is 9.97 Å². The lowest BCUT2D eigenvalue weighted by molar-refractivity contribution is -0.137. The summed E-state index contributed by atoms with van der Waals surface area (Å²) in [6, 6.07) is 11.7. The molecule has 0 bridgehead atoms. The number of alkyl halides is 3. The van der Waals surface area contributed by atoms with E-state index in [1.165, 1.54) is 12.1 Å². The van der Waals surface area contributed by atoms with Gasteiger partial charge < -0.3 is 4.98 Å². The second kappa shape index (κ2) is 5.72. The molecule has 0 saturated heterocycles. The Balaban J connectivity index is 1.89. The van der Waals surface area contributed by atoms with E-state index >= 15 is 0 Å². The third-order valence-corrected chi connectivity index (χ3v) is 3.30. The predicted octanol–water partition coefficient (Wildman–Crippen LogP) is 4.11. The Morgan fingerprint density at radius 2 is 1.65 bits per heavy atom. The first-order valence-electron chi connectivity index (χ1n) is 6.78. The van der Waals surface area contributed by atoms with E-state index < -0.39 is 11.7 Å². The molecular weight excluding hydrogens is 305 g/mol.